The number of fused-ring (bicyclic) bond motifs is 3. The molecule has 0 saturated heterocycles. The molecule has 0 unspecified atom stereocenters. The summed E-state index contributed by atoms with van der Waals surface area (Å²) in [5.74, 6) is -1.14. The third-order valence-electron chi connectivity index (χ3n) is 6.62. The highest BCUT2D eigenvalue weighted by Crippen LogP contribution is 2.44. The summed E-state index contributed by atoms with van der Waals surface area (Å²) in [6.45, 7) is 5.18. The first-order valence-electron chi connectivity index (χ1n) is 13.0. The smallest absolute Gasteiger partial charge is 0.419 e. The van der Waals surface area contributed by atoms with Crippen LogP contribution in [0.4, 0.5) is 18.0 Å². The number of ether oxygens (including phenoxy) is 3. The Bertz CT molecular complexity index is 1330. The number of nitrogens with one attached hydrogen (secondary N) is 1. The molecule has 0 spiro atoms. The number of esters is 1. The third kappa shape index (κ3) is 6.76. The number of alkyl carbamates (subject to hydrolysis) is 1. The minimum absolute atomic E-state index is 0.0665. The van der Waals surface area contributed by atoms with Gasteiger partial charge in [0, 0.05) is 5.92 Å². The van der Waals surface area contributed by atoms with Gasteiger partial charge in [-0.15, -0.1) is 0 Å². The molecule has 1 amide bonds. The molecule has 9 heteroatoms. The molecule has 0 heterocycles. The van der Waals surface area contributed by atoms with E-state index in [0.717, 1.165) is 35.4 Å². The number of alkyl halides is 3. The maximum Gasteiger partial charge on any atom is 0.419 e. The van der Waals surface area contributed by atoms with Crippen molar-refractivity contribution in [2.75, 3.05) is 13.7 Å². The number of rotatable bonds is 8. The second kappa shape index (κ2) is 11.6. The molecular formula is C31H32F3NO5. The fourth-order valence-electron chi connectivity index (χ4n) is 4.84. The van der Waals surface area contributed by atoms with Gasteiger partial charge in [-0.3, -0.25) is 0 Å². The van der Waals surface area contributed by atoms with Crippen LogP contribution in [-0.2, 0) is 26.9 Å². The summed E-state index contributed by atoms with van der Waals surface area (Å²) in [4.78, 5) is 25.8. The summed E-state index contributed by atoms with van der Waals surface area (Å²) in [7, 11) is 1.16. The van der Waals surface area contributed by atoms with E-state index in [0.29, 0.717) is 5.56 Å². The Kier molecular flexibility index (Phi) is 8.42. The van der Waals surface area contributed by atoms with E-state index in [1.54, 1.807) is 20.8 Å². The van der Waals surface area contributed by atoms with Crippen LogP contribution in [0, 0.1) is 0 Å². The van der Waals surface area contributed by atoms with Crippen molar-refractivity contribution in [3.8, 4) is 16.9 Å². The van der Waals surface area contributed by atoms with E-state index in [1.165, 1.54) is 12.1 Å². The van der Waals surface area contributed by atoms with Crippen LogP contribution in [0.5, 0.6) is 5.75 Å². The zero-order chi connectivity index (χ0) is 29.1. The zero-order valence-corrected chi connectivity index (χ0v) is 22.8. The Morgan fingerprint density at radius 2 is 1.52 bits per heavy atom. The van der Waals surface area contributed by atoms with Crippen molar-refractivity contribution in [2.45, 2.75) is 57.3 Å². The van der Waals surface area contributed by atoms with E-state index in [2.05, 4.69) is 5.32 Å². The third-order valence-corrected chi connectivity index (χ3v) is 6.62. The molecule has 6 nitrogen and oxygen atoms in total. The van der Waals surface area contributed by atoms with Gasteiger partial charge in [0.15, 0.2) is 0 Å². The number of carbonyl (C=O) groups excluding carboxylic acids is 2. The lowest BCUT2D eigenvalue weighted by Crippen LogP contribution is -2.45. The Morgan fingerprint density at radius 1 is 0.925 bits per heavy atom. The predicted molar refractivity (Wildman–Crippen MR) is 144 cm³/mol. The van der Waals surface area contributed by atoms with Crippen LogP contribution in [0.2, 0.25) is 0 Å². The van der Waals surface area contributed by atoms with E-state index in [-0.39, 0.29) is 31.1 Å². The van der Waals surface area contributed by atoms with Crippen molar-refractivity contribution >= 4 is 12.1 Å². The molecule has 1 aliphatic rings. The monoisotopic (exact) mass is 555 g/mol. The number of carbonyl (C=O) groups is 2. The van der Waals surface area contributed by atoms with Crippen LogP contribution >= 0.6 is 0 Å². The second-order valence-electron chi connectivity index (χ2n) is 10.6. The molecule has 0 bridgehead atoms. The van der Waals surface area contributed by atoms with Crippen molar-refractivity contribution in [2.24, 2.45) is 0 Å². The number of halogens is 3. The molecule has 0 fully saturated rings. The van der Waals surface area contributed by atoms with Crippen LogP contribution in [0.25, 0.3) is 11.1 Å². The number of methoxy groups -OCH3 is 1. The minimum Gasteiger partial charge on any atom is -0.496 e. The highest BCUT2D eigenvalue weighted by atomic mass is 19.4. The molecule has 0 saturated carbocycles. The van der Waals surface area contributed by atoms with Gasteiger partial charge in [-0.1, -0.05) is 54.6 Å². The normalized spacial score (nSPS) is 13.7. The van der Waals surface area contributed by atoms with Crippen molar-refractivity contribution < 1.29 is 37.0 Å². The van der Waals surface area contributed by atoms with Gasteiger partial charge in [0.1, 0.15) is 24.0 Å². The van der Waals surface area contributed by atoms with Crippen molar-refractivity contribution in [3.05, 3.63) is 89.0 Å². The maximum absolute atomic E-state index is 13.2. The number of hydrogen-bond acceptors (Lipinski definition) is 5. The SMILES string of the molecule is COc1cc(CC[C@H](NC(=O)OCC2c3ccccc3-c3ccccc32)C(=O)OC(C)(C)C)ccc1C(F)(F)F. The van der Waals surface area contributed by atoms with E-state index < -0.39 is 35.4 Å². The van der Waals surface area contributed by atoms with Gasteiger partial charge >= 0.3 is 18.2 Å². The Hall–Kier alpha value is -4.01. The highest BCUT2D eigenvalue weighted by molar-refractivity contribution is 5.82. The van der Waals surface area contributed by atoms with Crippen molar-refractivity contribution in [3.63, 3.8) is 0 Å². The second-order valence-corrected chi connectivity index (χ2v) is 10.6. The van der Waals surface area contributed by atoms with Crippen LogP contribution < -0.4 is 10.1 Å². The van der Waals surface area contributed by atoms with Gasteiger partial charge in [-0.05, 0) is 73.6 Å². The number of aryl methyl sites for hydroxylation is 1. The summed E-state index contributed by atoms with van der Waals surface area (Å²) in [6, 6.07) is 18.3. The Labute approximate surface area is 231 Å². The topological polar surface area (TPSA) is 73.9 Å². The van der Waals surface area contributed by atoms with E-state index >= 15 is 0 Å². The molecule has 1 aliphatic carbocycles. The minimum atomic E-state index is -4.56. The Morgan fingerprint density at radius 3 is 2.08 bits per heavy atom. The lowest BCUT2D eigenvalue weighted by atomic mass is 9.98. The first kappa shape index (κ1) is 29.0. The summed E-state index contributed by atoms with van der Waals surface area (Å²) < 4.78 is 55.7. The molecule has 0 aromatic heterocycles. The molecule has 4 rings (SSSR count). The molecule has 0 aliphatic heterocycles. The summed E-state index contributed by atoms with van der Waals surface area (Å²) in [5.41, 5.74) is 3.09. The highest BCUT2D eigenvalue weighted by Gasteiger charge is 2.35. The Balaban J connectivity index is 1.45. The van der Waals surface area contributed by atoms with Gasteiger partial charge in [0.05, 0.1) is 12.7 Å². The van der Waals surface area contributed by atoms with Gasteiger partial charge < -0.3 is 19.5 Å². The molecule has 0 radical (unpaired) electrons. The quantitative estimate of drug-likeness (QED) is 0.306. The number of amides is 1. The van der Waals surface area contributed by atoms with E-state index in [4.69, 9.17) is 14.2 Å². The average molecular weight is 556 g/mol. The fourth-order valence-corrected chi connectivity index (χ4v) is 4.84. The summed E-state index contributed by atoms with van der Waals surface area (Å²) >= 11 is 0. The number of benzene rings is 3. The molecular weight excluding hydrogens is 523 g/mol. The van der Waals surface area contributed by atoms with Gasteiger partial charge in [-0.25, -0.2) is 9.59 Å². The van der Waals surface area contributed by atoms with Gasteiger partial charge in [-0.2, -0.15) is 13.2 Å². The zero-order valence-electron chi connectivity index (χ0n) is 22.8. The largest absolute Gasteiger partial charge is 0.496 e. The van der Waals surface area contributed by atoms with Gasteiger partial charge in [0.25, 0.3) is 0 Å². The standard InChI is InChI=1S/C31H32F3NO5/c1-30(2,3)40-28(36)26(16-14-19-13-15-25(31(32,33)34)27(17-19)38-4)35-29(37)39-18-24-22-11-7-5-9-20(22)21-10-6-8-12-23(21)24/h5-13,15,17,24,26H,14,16,18H2,1-4H3,(H,35,37)/t26-/m0/s1. The fraction of sp³-hybridized carbons (Fsp3) is 0.355. The lowest BCUT2D eigenvalue weighted by Gasteiger charge is -2.25. The first-order valence-corrected chi connectivity index (χ1v) is 13.0. The molecule has 40 heavy (non-hydrogen) atoms. The van der Waals surface area contributed by atoms with Crippen molar-refractivity contribution in [1.29, 1.82) is 0 Å². The van der Waals surface area contributed by atoms with E-state index in [1.807, 2.05) is 48.5 Å². The summed E-state index contributed by atoms with van der Waals surface area (Å²) in [6.07, 6.45) is -5.09. The predicted octanol–water partition coefficient (Wildman–Crippen LogP) is 6.90. The molecule has 3 aromatic carbocycles. The van der Waals surface area contributed by atoms with Crippen LogP contribution in [0.1, 0.15) is 55.4 Å². The van der Waals surface area contributed by atoms with Crippen molar-refractivity contribution in [1.82, 2.24) is 5.32 Å². The molecule has 212 valence electrons. The average Bonchev–Trinajstić information content (AvgIpc) is 3.21. The number of hydrogen-bond donors (Lipinski definition) is 1. The lowest BCUT2D eigenvalue weighted by molar-refractivity contribution is -0.157. The van der Waals surface area contributed by atoms with Crippen LogP contribution in [0.15, 0.2) is 66.7 Å². The molecule has 1 N–H and O–H groups in total. The first-order chi connectivity index (χ1) is 18.9. The van der Waals surface area contributed by atoms with Gasteiger partial charge in [0.2, 0.25) is 0 Å². The summed E-state index contributed by atoms with van der Waals surface area (Å²) in [5, 5.41) is 2.60. The van der Waals surface area contributed by atoms with E-state index in [9.17, 15) is 22.8 Å². The van der Waals surface area contributed by atoms with Crippen LogP contribution in [0.3, 0.4) is 0 Å². The maximum atomic E-state index is 13.2. The molecule has 3 aromatic rings. The molecule has 1 atom stereocenters. The van der Waals surface area contributed by atoms with Crippen LogP contribution in [-0.4, -0.2) is 37.4 Å².